The van der Waals surface area contributed by atoms with Crippen LogP contribution in [0.5, 0.6) is 0 Å². The van der Waals surface area contributed by atoms with E-state index in [1.807, 2.05) is 30.3 Å². The van der Waals surface area contributed by atoms with Gasteiger partial charge in [0.15, 0.2) is 0 Å². The number of fused-ring (bicyclic) bond motifs is 1. The summed E-state index contributed by atoms with van der Waals surface area (Å²) in [4.78, 5) is 33.2. The van der Waals surface area contributed by atoms with Crippen LogP contribution in [0.1, 0.15) is 28.5 Å². The SMILES string of the molecule is O=CC[C@@H](COC(=O)c1ccc([N+](=O)[O-])cc1)c1cc2ccccc2o1. The van der Waals surface area contributed by atoms with Gasteiger partial charge in [0, 0.05) is 23.9 Å². The summed E-state index contributed by atoms with van der Waals surface area (Å²) in [6.45, 7) is -0.0334. The predicted octanol–water partition coefficient (Wildman–Crippen LogP) is 3.87. The number of aldehydes is 1. The van der Waals surface area contributed by atoms with Crippen molar-refractivity contribution in [3.63, 3.8) is 0 Å². The fraction of sp³-hybridized carbons (Fsp3) is 0.158. The molecule has 0 spiro atoms. The van der Waals surface area contributed by atoms with Gasteiger partial charge in [0.05, 0.1) is 16.4 Å². The van der Waals surface area contributed by atoms with Gasteiger partial charge in [0.1, 0.15) is 24.2 Å². The van der Waals surface area contributed by atoms with Crippen molar-refractivity contribution in [2.75, 3.05) is 6.61 Å². The average Bonchev–Trinajstić information content (AvgIpc) is 3.09. The summed E-state index contributed by atoms with van der Waals surface area (Å²) in [5.74, 6) is -0.455. The van der Waals surface area contributed by atoms with Gasteiger partial charge in [-0.05, 0) is 24.3 Å². The molecule has 3 aromatic rings. The number of nitro groups is 1. The Kier molecular flexibility index (Phi) is 5.07. The molecule has 0 bridgehead atoms. The molecule has 0 fully saturated rings. The number of nitro benzene ring substituents is 1. The molecule has 0 amide bonds. The van der Waals surface area contributed by atoms with E-state index in [0.717, 1.165) is 11.7 Å². The van der Waals surface area contributed by atoms with Crippen molar-refractivity contribution in [3.8, 4) is 0 Å². The molecule has 0 saturated heterocycles. The van der Waals surface area contributed by atoms with Crippen LogP contribution in [-0.2, 0) is 9.53 Å². The second kappa shape index (κ2) is 7.60. The third kappa shape index (κ3) is 3.77. The van der Waals surface area contributed by atoms with Gasteiger partial charge in [0.2, 0.25) is 0 Å². The van der Waals surface area contributed by atoms with E-state index in [0.29, 0.717) is 11.3 Å². The summed E-state index contributed by atoms with van der Waals surface area (Å²) in [7, 11) is 0. The highest BCUT2D eigenvalue weighted by atomic mass is 16.6. The maximum Gasteiger partial charge on any atom is 0.338 e. The number of hydrogen-bond acceptors (Lipinski definition) is 6. The second-order valence-electron chi connectivity index (χ2n) is 5.69. The Morgan fingerprint density at radius 1 is 1.19 bits per heavy atom. The monoisotopic (exact) mass is 353 g/mol. The van der Waals surface area contributed by atoms with Crippen LogP contribution >= 0.6 is 0 Å². The van der Waals surface area contributed by atoms with E-state index in [2.05, 4.69) is 0 Å². The molecule has 1 atom stereocenters. The van der Waals surface area contributed by atoms with Gasteiger partial charge >= 0.3 is 5.97 Å². The number of ether oxygens (including phenoxy) is 1. The fourth-order valence-electron chi connectivity index (χ4n) is 2.56. The van der Waals surface area contributed by atoms with E-state index < -0.39 is 16.8 Å². The zero-order valence-electron chi connectivity index (χ0n) is 13.7. The lowest BCUT2D eigenvalue weighted by atomic mass is 10.0. The molecule has 0 N–H and O–H groups in total. The molecule has 3 rings (SSSR count). The largest absolute Gasteiger partial charge is 0.461 e. The van der Waals surface area contributed by atoms with Crippen molar-refractivity contribution in [3.05, 3.63) is 76.0 Å². The van der Waals surface area contributed by atoms with E-state index in [9.17, 15) is 19.7 Å². The van der Waals surface area contributed by atoms with Gasteiger partial charge < -0.3 is 13.9 Å². The molecule has 26 heavy (non-hydrogen) atoms. The van der Waals surface area contributed by atoms with Crippen molar-refractivity contribution in [2.24, 2.45) is 0 Å². The van der Waals surface area contributed by atoms with Gasteiger partial charge in [-0.3, -0.25) is 10.1 Å². The molecule has 1 heterocycles. The Balaban J connectivity index is 1.70. The van der Waals surface area contributed by atoms with Crippen LogP contribution in [-0.4, -0.2) is 23.8 Å². The Labute approximate surface area is 148 Å². The number of esters is 1. The first kappa shape index (κ1) is 17.3. The molecule has 2 aromatic carbocycles. The van der Waals surface area contributed by atoms with Gasteiger partial charge in [-0.1, -0.05) is 18.2 Å². The minimum absolute atomic E-state index is 0.0334. The molecule has 0 aliphatic carbocycles. The maximum atomic E-state index is 12.1. The smallest absolute Gasteiger partial charge is 0.338 e. The summed E-state index contributed by atoms with van der Waals surface area (Å²) < 4.78 is 11.0. The minimum atomic E-state index is -0.619. The normalized spacial score (nSPS) is 11.8. The third-order valence-corrected chi connectivity index (χ3v) is 3.96. The quantitative estimate of drug-likeness (QED) is 0.277. The van der Waals surface area contributed by atoms with Crippen LogP contribution < -0.4 is 0 Å². The van der Waals surface area contributed by atoms with Gasteiger partial charge in [-0.2, -0.15) is 0 Å². The number of non-ortho nitro benzene ring substituents is 1. The fourth-order valence-corrected chi connectivity index (χ4v) is 2.56. The molecule has 7 nitrogen and oxygen atoms in total. The molecule has 1 aromatic heterocycles. The number of nitrogens with zero attached hydrogens (tertiary/aromatic N) is 1. The zero-order valence-corrected chi connectivity index (χ0v) is 13.7. The highest BCUT2D eigenvalue weighted by Crippen LogP contribution is 2.27. The number of carbonyl (C=O) groups excluding carboxylic acids is 2. The van der Waals surface area contributed by atoms with Crippen molar-refractivity contribution in [1.29, 1.82) is 0 Å². The topological polar surface area (TPSA) is 99.7 Å². The van der Waals surface area contributed by atoms with Gasteiger partial charge in [0.25, 0.3) is 5.69 Å². The van der Waals surface area contributed by atoms with Crippen LogP contribution in [0.25, 0.3) is 11.0 Å². The van der Waals surface area contributed by atoms with Gasteiger partial charge in [-0.25, -0.2) is 4.79 Å². The first-order valence-corrected chi connectivity index (χ1v) is 7.92. The van der Waals surface area contributed by atoms with E-state index in [-0.39, 0.29) is 24.3 Å². The van der Waals surface area contributed by atoms with Crippen molar-refractivity contribution >= 4 is 28.9 Å². The molecule has 0 unspecified atom stereocenters. The van der Waals surface area contributed by atoms with Gasteiger partial charge in [-0.15, -0.1) is 0 Å². The summed E-state index contributed by atoms with van der Waals surface area (Å²) in [5, 5.41) is 11.5. The summed E-state index contributed by atoms with van der Waals surface area (Å²) in [6, 6.07) is 14.4. The average molecular weight is 353 g/mol. The Morgan fingerprint density at radius 3 is 2.58 bits per heavy atom. The minimum Gasteiger partial charge on any atom is -0.461 e. The highest BCUT2D eigenvalue weighted by molar-refractivity contribution is 5.89. The van der Waals surface area contributed by atoms with Crippen molar-refractivity contribution in [2.45, 2.75) is 12.3 Å². The highest BCUT2D eigenvalue weighted by Gasteiger charge is 2.19. The van der Waals surface area contributed by atoms with E-state index in [4.69, 9.17) is 9.15 Å². The zero-order chi connectivity index (χ0) is 18.5. The number of furan rings is 1. The number of carbonyl (C=O) groups is 2. The lowest BCUT2D eigenvalue weighted by Gasteiger charge is -2.12. The second-order valence-corrected chi connectivity index (χ2v) is 5.69. The lowest BCUT2D eigenvalue weighted by Crippen LogP contribution is -2.13. The number of rotatable bonds is 7. The van der Waals surface area contributed by atoms with Crippen LogP contribution in [0.3, 0.4) is 0 Å². The molecule has 132 valence electrons. The Hall–Kier alpha value is -3.48. The van der Waals surface area contributed by atoms with Crippen LogP contribution in [0.15, 0.2) is 59.0 Å². The standard InChI is InChI=1S/C19H15NO6/c21-10-9-15(18-11-14-3-1-2-4-17(14)26-18)12-25-19(22)13-5-7-16(8-6-13)20(23)24/h1-8,10-11,15H,9,12H2/t15-/m0/s1. The van der Waals surface area contributed by atoms with E-state index in [1.54, 1.807) is 0 Å². The van der Waals surface area contributed by atoms with Crippen LogP contribution in [0, 0.1) is 10.1 Å². The summed E-state index contributed by atoms with van der Waals surface area (Å²) in [6.07, 6.45) is 0.894. The lowest BCUT2D eigenvalue weighted by molar-refractivity contribution is -0.384. The van der Waals surface area contributed by atoms with E-state index >= 15 is 0 Å². The number of benzene rings is 2. The third-order valence-electron chi connectivity index (χ3n) is 3.96. The summed E-state index contributed by atoms with van der Waals surface area (Å²) in [5.41, 5.74) is 0.785. The Morgan fingerprint density at radius 2 is 1.92 bits per heavy atom. The molecular weight excluding hydrogens is 338 g/mol. The Bertz CT molecular complexity index is 911. The van der Waals surface area contributed by atoms with Crippen molar-refractivity contribution in [1.82, 2.24) is 0 Å². The summed E-state index contributed by atoms with van der Waals surface area (Å²) >= 11 is 0. The van der Waals surface area contributed by atoms with Crippen LogP contribution in [0.4, 0.5) is 5.69 Å². The first-order chi connectivity index (χ1) is 12.6. The molecular formula is C19H15NO6. The van der Waals surface area contributed by atoms with E-state index in [1.165, 1.54) is 24.3 Å². The number of hydrogen-bond donors (Lipinski definition) is 0. The first-order valence-electron chi connectivity index (χ1n) is 7.92. The molecule has 0 aliphatic heterocycles. The molecule has 0 aliphatic rings. The van der Waals surface area contributed by atoms with Crippen molar-refractivity contribution < 1.29 is 23.7 Å². The molecule has 0 radical (unpaired) electrons. The maximum absolute atomic E-state index is 12.1. The predicted molar refractivity (Wildman–Crippen MR) is 93.0 cm³/mol. The molecule has 7 heteroatoms. The molecule has 0 saturated carbocycles. The number of para-hydroxylation sites is 1. The van der Waals surface area contributed by atoms with Crippen LogP contribution in [0.2, 0.25) is 0 Å².